The molecule has 0 aliphatic heterocycles. The first-order valence-corrected chi connectivity index (χ1v) is 9.07. The number of nitrogens with two attached hydrogens (primary N) is 1. The quantitative estimate of drug-likeness (QED) is 0.408. The van der Waals surface area contributed by atoms with Crippen molar-refractivity contribution < 1.29 is 9.59 Å². The largest absolute Gasteiger partial charge is 0.366 e. The summed E-state index contributed by atoms with van der Waals surface area (Å²) in [6.07, 6.45) is 14.5. The lowest BCUT2D eigenvalue weighted by molar-refractivity contribution is 0.0998. The van der Waals surface area contributed by atoms with Gasteiger partial charge in [-0.1, -0.05) is 70.8 Å². The van der Waals surface area contributed by atoms with Crippen LogP contribution in [0.2, 0.25) is 0 Å². The highest BCUT2D eigenvalue weighted by Gasteiger charge is 2.08. The van der Waals surface area contributed by atoms with Crippen LogP contribution in [0.5, 0.6) is 0 Å². The minimum Gasteiger partial charge on any atom is -0.366 e. The Hall–Kier alpha value is -1.64. The van der Waals surface area contributed by atoms with Gasteiger partial charge >= 0.3 is 0 Å². The Labute approximate surface area is 140 Å². The third-order valence-electron chi connectivity index (χ3n) is 4.33. The van der Waals surface area contributed by atoms with Crippen LogP contribution in [-0.2, 0) is 6.42 Å². The van der Waals surface area contributed by atoms with Crippen LogP contribution in [0.3, 0.4) is 0 Å². The molecular formula is C20H31NO2. The summed E-state index contributed by atoms with van der Waals surface area (Å²) in [5.74, 6) is -0.412. The van der Waals surface area contributed by atoms with E-state index in [1.807, 2.05) is 0 Å². The van der Waals surface area contributed by atoms with Crippen LogP contribution in [0.4, 0.5) is 0 Å². The summed E-state index contributed by atoms with van der Waals surface area (Å²) in [5.41, 5.74) is 7.46. The highest BCUT2D eigenvalue weighted by atomic mass is 16.1. The SMILES string of the molecule is CCCCCCCCCCCCc1cc(C=O)ccc1C(N)=O. The molecule has 0 bridgehead atoms. The molecule has 0 aliphatic carbocycles. The second-order valence-electron chi connectivity index (χ2n) is 6.33. The molecule has 2 N–H and O–H groups in total. The van der Waals surface area contributed by atoms with E-state index in [4.69, 9.17) is 5.73 Å². The van der Waals surface area contributed by atoms with E-state index in [0.29, 0.717) is 11.1 Å². The van der Waals surface area contributed by atoms with E-state index in [0.717, 1.165) is 24.7 Å². The van der Waals surface area contributed by atoms with E-state index in [2.05, 4.69) is 6.92 Å². The fourth-order valence-corrected chi connectivity index (χ4v) is 2.94. The molecule has 0 saturated heterocycles. The Bertz CT molecular complexity index is 483. The lowest BCUT2D eigenvalue weighted by atomic mass is 9.98. The molecule has 1 amide bonds. The Morgan fingerprint density at radius 1 is 0.957 bits per heavy atom. The molecule has 1 aromatic carbocycles. The number of unbranched alkanes of at least 4 members (excludes halogenated alkanes) is 9. The number of primary amides is 1. The highest BCUT2D eigenvalue weighted by molar-refractivity contribution is 5.95. The molecule has 0 saturated carbocycles. The zero-order chi connectivity index (χ0) is 16.9. The van der Waals surface area contributed by atoms with E-state index in [1.165, 1.54) is 57.8 Å². The summed E-state index contributed by atoms with van der Waals surface area (Å²) in [5, 5.41) is 0. The van der Waals surface area contributed by atoms with Gasteiger partial charge in [0.2, 0.25) is 5.91 Å². The van der Waals surface area contributed by atoms with Crippen molar-refractivity contribution in [2.75, 3.05) is 0 Å². The molecule has 128 valence electrons. The van der Waals surface area contributed by atoms with E-state index >= 15 is 0 Å². The van der Waals surface area contributed by atoms with Crippen LogP contribution in [0.15, 0.2) is 18.2 Å². The average molecular weight is 317 g/mol. The maximum atomic E-state index is 11.4. The van der Waals surface area contributed by atoms with Gasteiger partial charge in [-0.3, -0.25) is 9.59 Å². The van der Waals surface area contributed by atoms with E-state index < -0.39 is 5.91 Å². The number of hydrogen-bond donors (Lipinski definition) is 1. The number of carbonyl (C=O) groups excluding carboxylic acids is 2. The first-order chi connectivity index (χ1) is 11.2. The standard InChI is InChI=1S/C20H31NO2/c1-2-3-4-5-6-7-8-9-10-11-12-18-15-17(16-22)13-14-19(18)20(21)23/h13-16H,2-12H2,1H3,(H2,21,23). The smallest absolute Gasteiger partial charge is 0.248 e. The topological polar surface area (TPSA) is 60.2 Å². The predicted molar refractivity (Wildman–Crippen MR) is 95.9 cm³/mol. The molecule has 0 heterocycles. The number of aldehydes is 1. The van der Waals surface area contributed by atoms with Crippen LogP contribution < -0.4 is 5.73 Å². The second-order valence-corrected chi connectivity index (χ2v) is 6.33. The molecule has 0 spiro atoms. The van der Waals surface area contributed by atoms with Crippen LogP contribution in [-0.4, -0.2) is 12.2 Å². The first-order valence-electron chi connectivity index (χ1n) is 9.07. The van der Waals surface area contributed by atoms with Crippen LogP contribution in [0, 0.1) is 0 Å². The van der Waals surface area contributed by atoms with Crippen molar-refractivity contribution in [3.63, 3.8) is 0 Å². The lowest BCUT2D eigenvalue weighted by Crippen LogP contribution is -2.14. The van der Waals surface area contributed by atoms with Crippen LogP contribution in [0.25, 0.3) is 0 Å². The van der Waals surface area contributed by atoms with Crippen molar-refractivity contribution in [3.8, 4) is 0 Å². The monoisotopic (exact) mass is 317 g/mol. The van der Waals surface area contributed by atoms with Crippen molar-refractivity contribution >= 4 is 12.2 Å². The first kappa shape index (κ1) is 19.4. The molecule has 0 aliphatic rings. The van der Waals surface area contributed by atoms with Gasteiger partial charge in [0, 0.05) is 11.1 Å². The number of rotatable bonds is 13. The van der Waals surface area contributed by atoms with E-state index in [1.54, 1.807) is 18.2 Å². The fraction of sp³-hybridized carbons (Fsp3) is 0.600. The van der Waals surface area contributed by atoms with Crippen molar-refractivity contribution in [2.45, 2.75) is 77.6 Å². The molecule has 0 aromatic heterocycles. The van der Waals surface area contributed by atoms with Crippen molar-refractivity contribution in [1.29, 1.82) is 0 Å². The van der Waals surface area contributed by atoms with Gasteiger partial charge in [-0.25, -0.2) is 0 Å². The molecule has 0 fully saturated rings. The summed E-state index contributed by atoms with van der Waals surface area (Å²) in [7, 11) is 0. The minimum atomic E-state index is -0.412. The van der Waals surface area contributed by atoms with Gasteiger partial charge in [0.1, 0.15) is 6.29 Å². The van der Waals surface area contributed by atoms with Gasteiger partial charge < -0.3 is 5.73 Å². The Balaban J connectivity index is 2.22. The summed E-state index contributed by atoms with van der Waals surface area (Å²) in [6.45, 7) is 2.24. The number of aryl methyl sites for hydroxylation is 1. The molecule has 3 nitrogen and oxygen atoms in total. The summed E-state index contributed by atoms with van der Waals surface area (Å²) in [6, 6.07) is 5.10. The molecule has 0 unspecified atom stereocenters. The molecule has 0 atom stereocenters. The van der Waals surface area contributed by atoms with Crippen LogP contribution in [0.1, 0.15) is 97.4 Å². The van der Waals surface area contributed by atoms with Crippen molar-refractivity contribution in [3.05, 3.63) is 34.9 Å². The Morgan fingerprint density at radius 2 is 1.52 bits per heavy atom. The van der Waals surface area contributed by atoms with Gasteiger partial charge in [0.25, 0.3) is 0 Å². The minimum absolute atomic E-state index is 0.412. The predicted octanol–water partition coefficient (Wildman–Crippen LogP) is 5.06. The van der Waals surface area contributed by atoms with Crippen molar-refractivity contribution in [2.24, 2.45) is 5.73 Å². The molecule has 3 heteroatoms. The summed E-state index contributed by atoms with van der Waals surface area (Å²) >= 11 is 0. The molecule has 1 aromatic rings. The lowest BCUT2D eigenvalue weighted by Gasteiger charge is -2.08. The zero-order valence-corrected chi connectivity index (χ0v) is 14.5. The van der Waals surface area contributed by atoms with Crippen LogP contribution >= 0.6 is 0 Å². The van der Waals surface area contributed by atoms with E-state index in [-0.39, 0.29) is 0 Å². The van der Waals surface area contributed by atoms with Gasteiger partial charge in [0.05, 0.1) is 0 Å². The normalized spacial score (nSPS) is 10.7. The molecular weight excluding hydrogens is 286 g/mol. The molecule has 23 heavy (non-hydrogen) atoms. The zero-order valence-electron chi connectivity index (χ0n) is 14.5. The third-order valence-corrected chi connectivity index (χ3v) is 4.33. The molecule has 0 radical (unpaired) electrons. The number of carbonyl (C=O) groups is 2. The summed E-state index contributed by atoms with van der Waals surface area (Å²) < 4.78 is 0. The number of amides is 1. The maximum Gasteiger partial charge on any atom is 0.248 e. The van der Waals surface area contributed by atoms with Crippen molar-refractivity contribution in [1.82, 2.24) is 0 Å². The van der Waals surface area contributed by atoms with Gasteiger partial charge in [-0.05, 0) is 30.5 Å². The third kappa shape index (κ3) is 7.96. The number of hydrogen-bond acceptors (Lipinski definition) is 2. The fourth-order valence-electron chi connectivity index (χ4n) is 2.94. The van der Waals surface area contributed by atoms with E-state index in [9.17, 15) is 9.59 Å². The average Bonchev–Trinajstić information content (AvgIpc) is 2.56. The van der Waals surface area contributed by atoms with Gasteiger partial charge in [-0.15, -0.1) is 0 Å². The Morgan fingerprint density at radius 3 is 2.04 bits per heavy atom. The molecule has 1 rings (SSSR count). The maximum absolute atomic E-state index is 11.4. The highest BCUT2D eigenvalue weighted by Crippen LogP contribution is 2.16. The van der Waals surface area contributed by atoms with Gasteiger partial charge in [0.15, 0.2) is 0 Å². The van der Waals surface area contributed by atoms with Gasteiger partial charge in [-0.2, -0.15) is 0 Å². The Kier molecular flexibility index (Phi) is 10.0. The second kappa shape index (κ2) is 11.9. The summed E-state index contributed by atoms with van der Waals surface area (Å²) in [4.78, 5) is 22.3. The number of benzene rings is 1.